The number of carbonyl (C=O) groups is 1. The van der Waals surface area contributed by atoms with Gasteiger partial charge in [0.05, 0.1) is 11.4 Å². The Morgan fingerprint density at radius 2 is 2.10 bits per heavy atom. The summed E-state index contributed by atoms with van der Waals surface area (Å²) < 4.78 is 38.0. The number of amides is 1. The Labute approximate surface area is 114 Å². The van der Waals surface area contributed by atoms with Crippen molar-refractivity contribution in [3.8, 4) is 0 Å². The van der Waals surface area contributed by atoms with Crippen molar-refractivity contribution in [2.24, 2.45) is 0 Å². The molecule has 1 amide bonds. The van der Waals surface area contributed by atoms with Crippen molar-refractivity contribution in [1.82, 2.24) is 5.32 Å². The topological polar surface area (TPSA) is 58.4 Å². The highest BCUT2D eigenvalue weighted by atomic mass is 19.4. The molecule has 0 saturated heterocycles. The normalized spacial score (nSPS) is 15.0. The molecule has 4 nitrogen and oxygen atoms in total. The Hall–Kier alpha value is -1.92. The molecule has 0 radical (unpaired) electrons. The van der Waals surface area contributed by atoms with Crippen LogP contribution in [-0.4, -0.2) is 31.7 Å². The predicted molar refractivity (Wildman–Crippen MR) is 70.7 cm³/mol. The summed E-state index contributed by atoms with van der Waals surface area (Å²) in [5.74, 6) is -0.353. The second-order valence-corrected chi connectivity index (χ2v) is 4.83. The van der Waals surface area contributed by atoms with E-state index >= 15 is 0 Å². The predicted octanol–water partition coefficient (Wildman–Crippen LogP) is 2.16. The smallest absolute Gasteiger partial charge is 0.397 e. The highest BCUT2D eigenvalue weighted by Crippen LogP contribution is 2.37. The van der Waals surface area contributed by atoms with Gasteiger partial charge in [-0.1, -0.05) is 0 Å². The third-order valence-corrected chi connectivity index (χ3v) is 3.17. The molecule has 1 aromatic rings. The molecule has 0 unspecified atom stereocenters. The molecule has 0 atom stereocenters. The average Bonchev–Trinajstić information content (AvgIpc) is 3.19. The van der Waals surface area contributed by atoms with Crippen LogP contribution in [0.2, 0.25) is 0 Å². The largest absolute Gasteiger partial charge is 0.405 e. The summed E-state index contributed by atoms with van der Waals surface area (Å²) in [7, 11) is 1.47. The zero-order valence-electron chi connectivity index (χ0n) is 11.0. The van der Waals surface area contributed by atoms with E-state index in [0.717, 1.165) is 0 Å². The van der Waals surface area contributed by atoms with Crippen molar-refractivity contribution in [1.29, 1.82) is 0 Å². The first-order chi connectivity index (χ1) is 9.31. The highest BCUT2D eigenvalue weighted by molar-refractivity contribution is 5.96. The summed E-state index contributed by atoms with van der Waals surface area (Å²) in [5, 5.41) is 2.44. The molecule has 1 saturated carbocycles. The van der Waals surface area contributed by atoms with E-state index in [1.165, 1.54) is 30.1 Å². The van der Waals surface area contributed by atoms with Crippen molar-refractivity contribution in [2.75, 3.05) is 24.2 Å². The molecule has 20 heavy (non-hydrogen) atoms. The Morgan fingerprint density at radius 3 is 2.60 bits per heavy atom. The van der Waals surface area contributed by atoms with Crippen LogP contribution in [0.5, 0.6) is 0 Å². The zero-order chi connectivity index (χ0) is 14.9. The second-order valence-electron chi connectivity index (χ2n) is 4.83. The van der Waals surface area contributed by atoms with Crippen LogP contribution in [0.4, 0.5) is 24.5 Å². The van der Waals surface area contributed by atoms with Gasteiger partial charge >= 0.3 is 6.18 Å². The highest BCUT2D eigenvalue weighted by Gasteiger charge is 2.39. The van der Waals surface area contributed by atoms with Crippen LogP contribution >= 0.6 is 0 Å². The SMILES string of the molecule is CNC(=O)c1ccc(N)c(N(CC(F)(F)F)C2CC2)c1. The number of anilines is 2. The van der Waals surface area contributed by atoms with Crippen molar-refractivity contribution in [2.45, 2.75) is 25.1 Å². The van der Waals surface area contributed by atoms with E-state index in [4.69, 9.17) is 5.73 Å². The van der Waals surface area contributed by atoms with Crippen LogP contribution in [0.15, 0.2) is 18.2 Å². The van der Waals surface area contributed by atoms with Crippen LogP contribution in [0.1, 0.15) is 23.2 Å². The second kappa shape index (κ2) is 5.22. The number of nitrogens with one attached hydrogen (secondary N) is 1. The van der Waals surface area contributed by atoms with E-state index in [9.17, 15) is 18.0 Å². The summed E-state index contributed by atoms with van der Waals surface area (Å²) in [6.45, 7) is -1.06. The van der Waals surface area contributed by atoms with Crippen LogP contribution in [0.3, 0.4) is 0 Å². The van der Waals surface area contributed by atoms with Crippen LogP contribution < -0.4 is 16.0 Å². The van der Waals surface area contributed by atoms with E-state index in [1.54, 1.807) is 0 Å². The number of rotatable bonds is 4. The van der Waals surface area contributed by atoms with Crippen molar-refractivity contribution < 1.29 is 18.0 Å². The van der Waals surface area contributed by atoms with Gasteiger partial charge in [-0.05, 0) is 31.0 Å². The lowest BCUT2D eigenvalue weighted by atomic mass is 10.1. The first kappa shape index (κ1) is 14.5. The molecule has 0 aromatic heterocycles. The minimum absolute atomic E-state index is 0.154. The fraction of sp³-hybridized carbons (Fsp3) is 0.462. The van der Waals surface area contributed by atoms with Gasteiger partial charge in [0.2, 0.25) is 0 Å². The van der Waals surface area contributed by atoms with Crippen molar-refractivity contribution in [3.05, 3.63) is 23.8 Å². The molecule has 1 aromatic carbocycles. The summed E-state index contributed by atoms with van der Waals surface area (Å²) >= 11 is 0. The average molecular weight is 287 g/mol. The van der Waals surface area contributed by atoms with Gasteiger partial charge in [-0.3, -0.25) is 4.79 Å². The van der Waals surface area contributed by atoms with Crippen LogP contribution in [0, 0.1) is 0 Å². The van der Waals surface area contributed by atoms with E-state index in [2.05, 4.69) is 5.32 Å². The van der Waals surface area contributed by atoms with Gasteiger partial charge in [0, 0.05) is 18.7 Å². The first-order valence-electron chi connectivity index (χ1n) is 6.27. The molecular formula is C13H16F3N3O. The van der Waals surface area contributed by atoms with E-state index in [1.807, 2.05) is 0 Å². The maximum Gasteiger partial charge on any atom is 0.405 e. The minimum Gasteiger partial charge on any atom is -0.397 e. The number of benzene rings is 1. The Balaban J connectivity index is 2.34. The lowest BCUT2D eigenvalue weighted by Crippen LogP contribution is -2.36. The minimum atomic E-state index is -4.31. The molecule has 1 aliphatic rings. The van der Waals surface area contributed by atoms with Gasteiger partial charge < -0.3 is 16.0 Å². The quantitative estimate of drug-likeness (QED) is 0.834. The molecule has 0 aliphatic heterocycles. The number of nitrogens with zero attached hydrogens (tertiary/aromatic N) is 1. The van der Waals surface area contributed by atoms with Gasteiger partial charge in [0.15, 0.2) is 0 Å². The fourth-order valence-electron chi connectivity index (χ4n) is 2.07. The summed E-state index contributed by atoms with van der Waals surface area (Å²) in [5.41, 5.74) is 6.59. The molecule has 0 spiro atoms. The van der Waals surface area contributed by atoms with Gasteiger partial charge in [0.1, 0.15) is 6.54 Å². The van der Waals surface area contributed by atoms with E-state index in [0.29, 0.717) is 18.4 Å². The molecule has 1 aliphatic carbocycles. The number of nitrogens with two attached hydrogens (primary N) is 1. The third kappa shape index (κ3) is 3.34. The number of hydrogen-bond donors (Lipinski definition) is 2. The Kier molecular flexibility index (Phi) is 3.78. The number of halogens is 3. The maximum absolute atomic E-state index is 12.7. The van der Waals surface area contributed by atoms with E-state index < -0.39 is 12.7 Å². The van der Waals surface area contributed by atoms with Crippen LogP contribution in [-0.2, 0) is 0 Å². The lowest BCUT2D eigenvalue weighted by Gasteiger charge is -2.27. The van der Waals surface area contributed by atoms with Crippen molar-refractivity contribution in [3.63, 3.8) is 0 Å². The van der Waals surface area contributed by atoms with E-state index in [-0.39, 0.29) is 23.3 Å². The Morgan fingerprint density at radius 1 is 1.45 bits per heavy atom. The molecule has 110 valence electrons. The fourth-order valence-corrected chi connectivity index (χ4v) is 2.07. The molecule has 1 fully saturated rings. The molecule has 0 heterocycles. The number of nitrogen functional groups attached to an aromatic ring is 1. The monoisotopic (exact) mass is 287 g/mol. The number of carbonyl (C=O) groups excluding carboxylic acids is 1. The van der Waals surface area contributed by atoms with Gasteiger partial charge in [-0.25, -0.2) is 0 Å². The van der Waals surface area contributed by atoms with Gasteiger partial charge in [-0.2, -0.15) is 13.2 Å². The van der Waals surface area contributed by atoms with Gasteiger partial charge in [-0.15, -0.1) is 0 Å². The zero-order valence-corrected chi connectivity index (χ0v) is 11.0. The lowest BCUT2D eigenvalue weighted by molar-refractivity contribution is -0.119. The maximum atomic E-state index is 12.7. The summed E-state index contributed by atoms with van der Waals surface area (Å²) in [6.07, 6.45) is -2.89. The first-order valence-corrected chi connectivity index (χ1v) is 6.27. The molecule has 7 heteroatoms. The molecule has 0 bridgehead atoms. The third-order valence-electron chi connectivity index (χ3n) is 3.17. The summed E-state index contributed by atoms with van der Waals surface area (Å²) in [6, 6.07) is 4.22. The van der Waals surface area contributed by atoms with Crippen molar-refractivity contribution >= 4 is 17.3 Å². The number of alkyl halides is 3. The summed E-state index contributed by atoms with van der Waals surface area (Å²) in [4.78, 5) is 12.8. The van der Waals surface area contributed by atoms with Crippen LogP contribution in [0.25, 0.3) is 0 Å². The molecule has 2 rings (SSSR count). The molecule has 3 N–H and O–H groups in total. The van der Waals surface area contributed by atoms with Gasteiger partial charge in [0.25, 0.3) is 5.91 Å². The Bertz CT molecular complexity index is 512. The molecular weight excluding hydrogens is 271 g/mol. The number of hydrogen-bond acceptors (Lipinski definition) is 3. The standard InChI is InChI=1S/C13H16F3N3O/c1-18-12(20)8-2-5-10(17)11(6-8)19(9-3-4-9)7-13(14,15)16/h2,5-6,9H,3-4,7,17H2,1H3,(H,18,20).